The molecule has 0 spiro atoms. The number of halogens is 2. The van der Waals surface area contributed by atoms with Crippen molar-refractivity contribution in [3.63, 3.8) is 0 Å². The second kappa shape index (κ2) is 7.96. The standard InChI is InChI=1S/C20H17ClFN5OS/c1-11-4-5-14(10-16(11)22)17-23-19(28-26-17)12(2)29-20-25-24-18(27(20)3)13-6-8-15(21)9-7-13/h4-10,12H,1-3H3. The van der Waals surface area contributed by atoms with Crippen LogP contribution >= 0.6 is 23.4 Å². The summed E-state index contributed by atoms with van der Waals surface area (Å²) in [5.74, 6) is 1.22. The van der Waals surface area contributed by atoms with Gasteiger partial charge < -0.3 is 9.09 Å². The van der Waals surface area contributed by atoms with Crippen molar-refractivity contribution in [2.45, 2.75) is 24.3 Å². The summed E-state index contributed by atoms with van der Waals surface area (Å²) < 4.78 is 21.1. The molecule has 1 atom stereocenters. The molecule has 148 valence electrons. The molecule has 2 aromatic carbocycles. The molecule has 2 aromatic heterocycles. The molecular weight excluding hydrogens is 413 g/mol. The summed E-state index contributed by atoms with van der Waals surface area (Å²) in [5.41, 5.74) is 2.06. The maximum atomic E-state index is 13.8. The molecule has 4 rings (SSSR count). The van der Waals surface area contributed by atoms with Crippen LogP contribution in [0, 0.1) is 12.7 Å². The fourth-order valence-electron chi connectivity index (χ4n) is 2.73. The van der Waals surface area contributed by atoms with Gasteiger partial charge in [0.25, 0.3) is 0 Å². The lowest BCUT2D eigenvalue weighted by atomic mass is 10.1. The normalized spacial score (nSPS) is 12.3. The Morgan fingerprint density at radius 1 is 1.10 bits per heavy atom. The predicted octanol–water partition coefficient (Wildman–Crippen LogP) is 5.49. The van der Waals surface area contributed by atoms with Crippen LogP contribution in [0.25, 0.3) is 22.8 Å². The van der Waals surface area contributed by atoms with Gasteiger partial charge in [-0.3, -0.25) is 0 Å². The predicted molar refractivity (Wildman–Crippen MR) is 110 cm³/mol. The maximum Gasteiger partial charge on any atom is 0.240 e. The molecule has 9 heteroatoms. The lowest BCUT2D eigenvalue weighted by molar-refractivity contribution is 0.380. The number of hydrogen-bond acceptors (Lipinski definition) is 6. The first kappa shape index (κ1) is 19.6. The van der Waals surface area contributed by atoms with Crippen LogP contribution in [0.4, 0.5) is 4.39 Å². The van der Waals surface area contributed by atoms with E-state index in [1.807, 2.05) is 42.8 Å². The van der Waals surface area contributed by atoms with Gasteiger partial charge in [-0.1, -0.05) is 40.7 Å². The van der Waals surface area contributed by atoms with Crippen LogP contribution in [0.1, 0.15) is 23.6 Å². The summed E-state index contributed by atoms with van der Waals surface area (Å²) in [5, 5.41) is 13.7. The molecule has 0 saturated heterocycles. The Bertz CT molecular complexity index is 1160. The van der Waals surface area contributed by atoms with E-state index in [1.54, 1.807) is 19.1 Å². The van der Waals surface area contributed by atoms with Crippen molar-refractivity contribution in [1.29, 1.82) is 0 Å². The maximum absolute atomic E-state index is 13.8. The summed E-state index contributed by atoms with van der Waals surface area (Å²) >= 11 is 7.40. The molecule has 0 radical (unpaired) electrons. The van der Waals surface area contributed by atoms with Crippen molar-refractivity contribution >= 4 is 23.4 Å². The Morgan fingerprint density at radius 3 is 2.55 bits per heavy atom. The van der Waals surface area contributed by atoms with Gasteiger partial charge in [0, 0.05) is 23.2 Å². The van der Waals surface area contributed by atoms with E-state index in [2.05, 4.69) is 20.3 Å². The quantitative estimate of drug-likeness (QED) is 0.391. The summed E-state index contributed by atoms with van der Waals surface area (Å²) in [6.45, 7) is 3.65. The Hall–Kier alpha value is -2.71. The molecular formula is C20H17ClFN5OS. The molecule has 6 nitrogen and oxygen atoms in total. The summed E-state index contributed by atoms with van der Waals surface area (Å²) in [7, 11) is 1.90. The topological polar surface area (TPSA) is 69.6 Å². The molecule has 4 aromatic rings. The van der Waals surface area contributed by atoms with Crippen LogP contribution in [-0.2, 0) is 7.05 Å². The fourth-order valence-corrected chi connectivity index (χ4v) is 3.70. The number of aryl methyl sites for hydroxylation is 1. The van der Waals surface area contributed by atoms with Crippen LogP contribution in [0.5, 0.6) is 0 Å². The lowest BCUT2D eigenvalue weighted by Gasteiger charge is -2.07. The highest BCUT2D eigenvalue weighted by Gasteiger charge is 2.20. The van der Waals surface area contributed by atoms with Crippen LogP contribution in [0.3, 0.4) is 0 Å². The zero-order valence-corrected chi connectivity index (χ0v) is 17.5. The molecule has 0 bridgehead atoms. The van der Waals surface area contributed by atoms with Crippen molar-refractivity contribution < 1.29 is 8.91 Å². The van der Waals surface area contributed by atoms with Crippen LogP contribution in [0.15, 0.2) is 52.1 Å². The van der Waals surface area contributed by atoms with Crippen molar-refractivity contribution in [3.8, 4) is 22.8 Å². The summed E-state index contributed by atoms with van der Waals surface area (Å²) in [6.07, 6.45) is 0. The zero-order valence-electron chi connectivity index (χ0n) is 15.9. The van der Waals surface area contributed by atoms with E-state index >= 15 is 0 Å². The molecule has 29 heavy (non-hydrogen) atoms. The number of hydrogen-bond donors (Lipinski definition) is 0. The Labute approximate surface area is 176 Å². The van der Waals surface area contributed by atoms with E-state index in [4.69, 9.17) is 16.1 Å². The van der Waals surface area contributed by atoms with Crippen molar-refractivity contribution in [1.82, 2.24) is 24.9 Å². The first-order chi connectivity index (χ1) is 13.9. The molecule has 0 saturated carbocycles. The van der Waals surface area contributed by atoms with Gasteiger partial charge in [-0.2, -0.15) is 4.98 Å². The average molecular weight is 430 g/mol. The second-order valence-electron chi connectivity index (χ2n) is 6.55. The van der Waals surface area contributed by atoms with E-state index < -0.39 is 0 Å². The third-order valence-electron chi connectivity index (χ3n) is 4.44. The summed E-state index contributed by atoms with van der Waals surface area (Å²) in [6, 6.07) is 12.3. The second-order valence-corrected chi connectivity index (χ2v) is 8.30. The highest BCUT2D eigenvalue weighted by atomic mass is 35.5. The van der Waals surface area contributed by atoms with Gasteiger partial charge in [0.1, 0.15) is 5.82 Å². The smallest absolute Gasteiger partial charge is 0.240 e. The highest BCUT2D eigenvalue weighted by molar-refractivity contribution is 7.99. The van der Waals surface area contributed by atoms with Crippen molar-refractivity contribution in [3.05, 3.63) is 64.8 Å². The minimum Gasteiger partial charge on any atom is -0.338 e. The van der Waals surface area contributed by atoms with E-state index in [9.17, 15) is 4.39 Å². The van der Waals surface area contributed by atoms with Gasteiger partial charge in [0.05, 0.1) is 5.25 Å². The van der Waals surface area contributed by atoms with Gasteiger partial charge in [-0.25, -0.2) is 4.39 Å². The van der Waals surface area contributed by atoms with E-state index in [0.717, 1.165) is 11.4 Å². The first-order valence-electron chi connectivity index (χ1n) is 8.84. The number of rotatable bonds is 5. The van der Waals surface area contributed by atoms with Gasteiger partial charge >= 0.3 is 0 Å². The van der Waals surface area contributed by atoms with Crippen molar-refractivity contribution in [2.24, 2.45) is 7.05 Å². The largest absolute Gasteiger partial charge is 0.338 e. The molecule has 0 N–H and O–H groups in total. The van der Waals surface area contributed by atoms with Gasteiger partial charge in [-0.05, 0) is 49.7 Å². The molecule has 0 aliphatic carbocycles. The number of thioether (sulfide) groups is 1. The lowest BCUT2D eigenvalue weighted by Crippen LogP contribution is -1.97. The Kier molecular flexibility index (Phi) is 5.38. The van der Waals surface area contributed by atoms with E-state index in [-0.39, 0.29) is 11.1 Å². The Balaban J connectivity index is 1.53. The van der Waals surface area contributed by atoms with Gasteiger partial charge in [0.15, 0.2) is 11.0 Å². The van der Waals surface area contributed by atoms with Crippen LogP contribution in [-0.4, -0.2) is 24.9 Å². The van der Waals surface area contributed by atoms with E-state index in [0.29, 0.717) is 33.0 Å². The molecule has 0 aliphatic rings. The zero-order chi connectivity index (χ0) is 20.5. The number of aromatic nitrogens is 5. The third kappa shape index (κ3) is 4.04. The number of nitrogens with zero attached hydrogens (tertiary/aromatic N) is 5. The number of benzene rings is 2. The SMILES string of the molecule is Cc1ccc(-c2noc(C(C)Sc3nnc(-c4ccc(Cl)cc4)n3C)n2)cc1F. The minimum absolute atomic E-state index is 0.160. The van der Waals surface area contributed by atoms with Crippen LogP contribution < -0.4 is 0 Å². The molecule has 0 aliphatic heterocycles. The fraction of sp³-hybridized carbons (Fsp3) is 0.200. The monoisotopic (exact) mass is 429 g/mol. The summed E-state index contributed by atoms with van der Waals surface area (Å²) in [4.78, 5) is 4.41. The minimum atomic E-state index is -0.301. The third-order valence-corrected chi connectivity index (χ3v) is 5.81. The Morgan fingerprint density at radius 2 is 1.83 bits per heavy atom. The molecule has 1 unspecified atom stereocenters. The van der Waals surface area contributed by atoms with Gasteiger partial charge in [-0.15, -0.1) is 10.2 Å². The molecule has 0 fully saturated rings. The average Bonchev–Trinajstić information content (AvgIpc) is 3.33. The van der Waals surface area contributed by atoms with Crippen LogP contribution in [0.2, 0.25) is 5.02 Å². The molecule has 2 heterocycles. The molecule has 0 amide bonds. The van der Waals surface area contributed by atoms with Gasteiger partial charge in [0.2, 0.25) is 11.7 Å². The highest BCUT2D eigenvalue weighted by Crippen LogP contribution is 2.35. The van der Waals surface area contributed by atoms with E-state index in [1.165, 1.54) is 17.8 Å². The first-order valence-corrected chi connectivity index (χ1v) is 10.1. The van der Waals surface area contributed by atoms with Crippen molar-refractivity contribution in [2.75, 3.05) is 0 Å².